The average Bonchev–Trinajstić information content (AvgIpc) is 2.84. The lowest BCUT2D eigenvalue weighted by Crippen LogP contribution is -2.54. The van der Waals surface area contributed by atoms with Crippen LogP contribution in [-0.2, 0) is 16.0 Å². The Labute approximate surface area is 158 Å². The van der Waals surface area contributed by atoms with Crippen molar-refractivity contribution in [2.75, 3.05) is 13.1 Å². The predicted octanol–water partition coefficient (Wildman–Crippen LogP) is 2.50. The van der Waals surface area contributed by atoms with E-state index in [-0.39, 0.29) is 24.3 Å². The third-order valence-electron chi connectivity index (χ3n) is 5.45. The van der Waals surface area contributed by atoms with Crippen LogP contribution in [0, 0.1) is 5.92 Å². The van der Waals surface area contributed by atoms with E-state index in [1.807, 2.05) is 19.1 Å². The van der Waals surface area contributed by atoms with Gasteiger partial charge in [-0.3, -0.25) is 14.5 Å². The molecule has 1 spiro atoms. The molecule has 6 nitrogen and oxygen atoms in total. The number of nitrogens with zero attached hydrogens (tertiary/aromatic N) is 1. The lowest BCUT2D eigenvalue weighted by Gasteiger charge is -2.36. The second-order valence-electron chi connectivity index (χ2n) is 7.17. The van der Waals surface area contributed by atoms with Crippen LogP contribution in [0.4, 0.5) is 4.79 Å². The zero-order valence-electron chi connectivity index (χ0n) is 14.9. The van der Waals surface area contributed by atoms with Crippen LogP contribution in [0.1, 0.15) is 38.2 Å². The zero-order chi connectivity index (χ0) is 18.7. The van der Waals surface area contributed by atoms with Crippen molar-refractivity contribution in [3.63, 3.8) is 0 Å². The molecule has 0 radical (unpaired) electrons. The van der Waals surface area contributed by atoms with Crippen LogP contribution in [0.15, 0.2) is 24.3 Å². The highest BCUT2D eigenvalue weighted by Gasteiger charge is 2.55. The van der Waals surface area contributed by atoms with Crippen molar-refractivity contribution < 1.29 is 14.4 Å². The van der Waals surface area contributed by atoms with Gasteiger partial charge in [0, 0.05) is 11.6 Å². The van der Waals surface area contributed by atoms with Crippen molar-refractivity contribution in [3.05, 3.63) is 34.9 Å². The Kier molecular flexibility index (Phi) is 5.51. The fraction of sp³-hybridized carbons (Fsp3) is 0.526. The number of hydrogen-bond donors (Lipinski definition) is 2. The fourth-order valence-electron chi connectivity index (χ4n) is 3.84. The summed E-state index contributed by atoms with van der Waals surface area (Å²) < 4.78 is 0. The normalized spacial score (nSPS) is 25.5. The maximum absolute atomic E-state index is 12.8. The van der Waals surface area contributed by atoms with Gasteiger partial charge in [-0.2, -0.15) is 0 Å². The number of amides is 4. The predicted molar refractivity (Wildman–Crippen MR) is 98.8 cm³/mol. The molecule has 4 amide bonds. The smallest absolute Gasteiger partial charge is 0.325 e. The van der Waals surface area contributed by atoms with Crippen molar-refractivity contribution >= 4 is 29.4 Å². The Balaban J connectivity index is 1.53. The van der Waals surface area contributed by atoms with Gasteiger partial charge in [-0.1, -0.05) is 43.5 Å². The van der Waals surface area contributed by atoms with Crippen LogP contribution in [0.2, 0.25) is 5.02 Å². The maximum Gasteiger partial charge on any atom is 0.325 e. The van der Waals surface area contributed by atoms with Gasteiger partial charge < -0.3 is 10.6 Å². The molecule has 26 heavy (non-hydrogen) atoms. The molecule has 1 saturated heterocycles. The Morgan fingerprint density at radius 1 is 1.31 bits per heavy atom. The molecule has 0 aromatic heterocycles. The van der Waals surface area contributed by atoms with Gasteiger partial charge >= 0.3 is 6.03 Å². The van der Waals surface area contributed by atoms with Crippen LogP contribution in [0.5, 0.6) is 0 Å². The SMILES string of the molecule is C[C@@H]1CCCC[C@]12NC(=O)N(CC(=O)NCCc1ccc(Cl)cc1)C2=O. The van der Waals surface area contributed by atoms with Gasteiger partial charge in [0.1, 0.15) is 12.1 Å². The number of rotatable bonds is 5. The highest BCUT2D eigenvalue weighted by Crippen LogP contribution is 2.38. The molecular formula is C19H24ClN3O3. The molecule has 1 heterocycles. The van der Waals surface area contributed by atoms with Crippen LogP contribution in [0.3, 0.4) is 0 Å². The number of halogens is 1. The van der Waals surface area contributed by atoms with Crippen molar-refractivity contribution in [1.82, 2.24) is 15.5 Å². The molecule has 1 aromatic rings. The monoisotopic (exact) mass is 377 g/mol. The first kappa shape index (κ1) is 18.7. The minimum absolute atomic E-state index is 0.0886. The van der Waals surface area contributed by atoms with E-state index in [2.05, 4.69) is 10.6 Å². The largest absolute Gasteiger partial charge is 0.354 e. The first-order chi connectivity index (χ1) is 12.4. The van der Waals surface area contributed by atoms with Gasteiger partial charge in [0.25, 0.3) is 5.91 Å². The number of urea groups is 1. The summed E-state index contributed by atoms with van der Waals surface area (Å²) in [5.41, 5.74) is 0.235. The lowest BCUT2D eigenvalue weighted by atomic mass is 9.73. The van der Waals surface area contributed by atoms with Gasteiger partial charge in [-0.25, -0.2) is 4.79 Å². The van der Waals surface area contributed by atoms with E-state index in [1.165, 1.54) is 0 Å². The van der Waals surface area contributed by atoms with E-state index in [1.54, 1.807) is 12.1 Å². The number of carbonyl (C=O) groups excluding carboxylic acids is 3. The molecule has 1 saturated carbocycles. The third kappa shape index (κ3) is 3.70. The second-order valence-corrected chi connectivity index (χ2v) is 7.60. The van der Waals surface area contributed by atoms with Crippen LogP contribution in [0.25, 0.3) is 0 Å². The highest BCUT2D eigenvalue weighted by atomic mass is 35.5. The molecule has 140 valence electrons. The number of imide groups is 1. The van der Waals surface area contributed by atoms with E-state index >= 15 is 0 Å². The Morgan fingerprint density at radius 2 is 2.04 bits per heavy atom. The molecule has 2 N–H and O–H groups in total. The molecule has 1 aromatic carbocycles. The van der Waals surface area contributed by atoms with Crippen molar-refractivity contribution in [3.8, 4) is 0 Å². The summed E-state index contributed by atoms with van der Waals surface area (Å²) in [5.74, 6) is -0.504. The number of nitrogens with one attached hydrogen (secondary N) is 2. The summed E-state index contributed by atoms with van der Waals surface area (Å²) in [7, 11) is 0. The second kappa shape index (κ2) is 7.66. The topological polar surface area (TPSA) is 78.5 Å². The quantitative estimate of drug-likeness (QED) is 0.774. The van der Waals surface area contributed by atoms with E-state index in [4.69, 9.17) is 11.6 Å². The zero-order valence-corrected chi connectivity index (χ0v) is 15.6. The average molecular weight is 378 g/mol. The summed E-state index contributed by atoms with van der Waals surface area (Å²) in [4.78, 5) is 38.3. The minimum atomic E-state index is -0.821. The standard InChI is InChI=1S/C19H24ClN3O3/c1-13-4-2-3-10-19(13)17(25)23(18(26)22-19)12-16(24)21-11-9-14-5-7-15(20)8-6-14/h5-8,13H,2-4,9-12H2,1H3,(H,21,24)(H,22,26)/t13-,19+/m1/s1. The van der Waals surface area contributed by atoms with Crippen molar-refractivity contribution in [1.29, 1.82) is 0 Å². The van der Waals surface area contributed by atoms with Crippen LogP contribution in [-0.4, -0.2) is 41.4 Å². The van der Waals surface area contributed by atoms with Gasteiger partial charge in [-0.15, -0.1) is 0 Å². The molecule has 0 bridgehead atoms. The Bertz CT molecular complexity index is 706. The molecule has 2 fully saturated rings. The number of hydrogen-bond acceptors (Lipinski definition) is 3. The molecule has 0 unspecified atom stereocenters. The first-order valence-corrected chi connectivity index (χ1v) is 9.45. The highest BCUT2D eigenvalue weighted by molar-refractivity contribution is 6.30. The van der Waals surface area contributed by atoms with Gasteiger partial charge in [0.2, 0.25) is 5.91 Å². The summed E-state index contributed by atoms with van der Waals surface area (Å²) in [6.07, 6.45) is 4.19. The molecule has 1 aliphatic heterocycles. The Hall–Kier alpha value is -2.08. The third-order valence-corrected chi connectivity index (χ3v) is 5.70. The fourth-order valence-corrected chi connectivity index (χ4v) is 3.96. The molecule has 7 heteroatoms. The van der Waals surface area contributed by atoms with E-state index < -0.39 is 11.6 Å². The van der Waals surface area contributed by atoms with Crippen molar-refractivity contribution in [2.45, 2.75) is 44.6 Å². The van der Waals surface area contributed by atoms with Crippen LogP contribution < -0.4 is 10.6 Å². The minimum Gasteiger partial charge on any atom is -0.354 e. The summed E-state index contributed by atoms with van der Waals surface area (Å²) >= 11 is 5.85. The molecule has 2 atom stereocenters. The van der Waals surface area contributed by atoms with Crippen LogP contribution >= 0.6 is 11.6 Å². The Morgan fingerprint density at radius 3 is 2.73 bits per heavy atom. The molecule has 3 rings (SSSR count). The molecule has 2 aliphatic rings. The summed E-state index contributed by atoms with van der Waals surface area (Å²) in [5, 5.41) is 6.30. The summed E-state index contributed by atoms with van der Waals surface area (Å²) in [6.45, 7) is 2.19. The molecular weight excluding hydrogens is 354 g/mol. The van der Waals surface area contributed by atoms with Crippen molar-refractivity contribution in [2.24, 2.45) is 5.92 Å². The first-order valence-electron chi connectivity index (χ1n) is 9.07. The number of benzene rings is 1. The van der Waals surface area contributed by atoms with E-state index in [9.17, 15) is 14.4 Å². The lowest BCUT2D eigenvalue weighted by molar-refractivity contribution is -0.137. The van der Waals surface area contributed by atoms with Gasteiger partial charge in [0.05, 0.1) is 0 Å². The summed E-state index contributed by atoms with van der Waals surface area (Å²) in [6, 6.07) is 6.95. The number of carbonyl (C=O) groups is 3. The van der Waals surface area contributed by atoms with E-state index in [0.29, 0.717) is 24.4 Å². The maximum atomic E-state index is 12.8. The van der Waals surface area contributed by atoms with Gasteiger partial charge in [-0.05, 0) is 42.9 Å². The van der Waals surface area contributed by atoms with E-state index in [0.717, 1.165) is 29.7 Å². The van der Waals surface area contributed by atoms with Gasteiger partial charge in [0.15, 0.2) is 0 Å². The molecule has 1 aliphatic carbocycles.